The zero-order valence-electron chi connectivity index (χ0n) is 19.0. The summed E-state index contributed by atoms with van der Waals surface area (Å²) in [5.41, 5.74) is 2.57. The predicted octanol–water partition coefficient (Wildman–Crippen LogP) is 5.69. The standard InChI is InChI=1S/C25H33NO4/c1-17(2)16-30-22-11-8-18(14-23(22)29-7)9-13-24(27)26-20-15-19(25(3,4)5)10-12-21(20)28-6/h8-15,17H,16H2,1-7H3,(H,26,27). The molecule has 0 saturated carbocycles. The van der Waals surface area contributed by atoms with E-state index in [0.717, 1.165) is 11.1 Å². The highest BCUT2D eigenvalue weighted by atomic mass is 16.5. The molecule has 30 heavy (non-hydrogen) atoms. The SMILES string of the molecule is COc1ccc(C(C)(C)C)cc1NC(=O)C=Cc1ccc(OCC(C)C)c(OC)c1. The molecule has 0 heterocycles. The lowest BCUT2D eigenvalue weighted by Gasteiger charge is -2.21. The lowest BCUT2D eigenvalue weighted by molar-refractivity contribution is -0.111. The van der Waals surface area contributed by atoms with Gasteiger partial charge in [0.15, 0.2) is 11.5 Å². The van der Waals surface area contributed by atoms with Crippen molar-refractivity contribution in [1.29, 1.82) is 0 Å². The van der Waals surface area contributed by atoms with Crippen molar-refractivity contribution < 1.29 is 19.0 Å². The van der Waals surface area contributed by atoms with E-state index in [-0.39, 0.29) is 11.3 Å². The number of benzene rings is 2. The van der Waals surface area contributed by atoms with E-state index >= 15 is 0 Å². The molecule has 0 bridgehead atoms. The number of hydrogen-bond donors (Lipinski definition) is 1. The van der Waals surface area contributed by atoms with Crippen molar-refractivity contribution in [3.05, 3.63) is 53.6 Å². The van der Waals surface area contributed by atoms with Gasteiger partial charge in [-0.3, -0.25) is 4.79 Å². The molecular formula is C25H33NO4. The van der Waals surface area contributed by atoms with E-state index in [4.69, 9.17) is 14.2 Å². The van der Waals surface area contributed by atoms with Gasteiger partial charge in [-0.25, -0.2) is 0 Å². The summed E-state index contributed by atoms with van der Waals surface area (Å²) in [6.07, 6.45) is 3.23. The number of rotatable bonds is 8. The Morgan fingerprint density at radius 1 is 1.00 bits per heavy atom. The van der Waals surface area contributed by atoms with Crippen LogP contribution in [-0.4, -0.2) is 26.7 Å². The number of methoxy groups -OCH3 is 2. The fraction of sp³-hybridized carbons (Fsp3) is 0.400. The van der Waals surface area contributed by atoms with E-state index in [1.807, 2.05) is 36.4 Å². The second-order valence-corrected chi connectivity index (χ2v) is 8.60. The van der Waals surface area contributed by atoms with Crippen LogP contribution in [0.2, 0.25) is 0 Å². The second-order valence-electron chi connectivity index (χ2n) is 8.60. The lowest BCUT2D eigenvalue weighted by Crippen LogP contribution is -2.14. The van der Waals surface area contributed by atoms with Crippen molar-refractivity contribution >= 4 is 17.7 Å². The molecular weight excluding hydrogens is 378 g/mol. The number of ether oxygens (including phenoxy) is 3. The summed E-state index contributed by atoms with van der Waals surface area (Å²) in [7, 11) is 3.19. The molecule has 0 aliphatic rings. The molecule has 0 aromatic heterocycles. The number of anilines is 1. The van der Waals surface area contributed by atoms with Crippen LogP contribution in [-0.2, 0) is 10.2 Å². The highest BCUT2D eigenvalue weighted by Crippen LogP contribution is 2.32. The van der Waals surface area contributed by atoms with Gasteiger partial charge in [0, 0.05) is 6.08 Å². The molecule has 0 aliphatic carbocycles. The van der Waals surface area contributed by atoms with Gasteiger partial charge < -0.3 is 19.5 Å². The number of carbonyl (C=O) groups is 1. The molecule has 0 atom stereocenters. The van der Waals surface area contributed by atoms with Gasteiger partial charge in [0.2, 0.25) is 5.91 Å². The van der Waals surface area contributed by atoms with E-state index in [2.05, 4.69) is 39.9 Å². The molecule has 1 N–H and O–H groups in total. The van der Waals surface area contributed by atoms with Gasteiger partial charge in [-0.05, 0) is 52.8 Å². The summed E-state index contributed by atoms with van der Waals surface area (Å²) < 4.78 is 16.6. The number of carbonyl (C=O) groups excluding carboxylic acids is 1. The highest BCUT2D eigenvalue weighted by molar-refractivity contribution is 6.02. The molecule has 162 valence electrons. The zero-order chi connectivity index (χ0) is 22.3. The molecule has 1 amide bonds. The molecule has 0 fully saturated rings. The second kappa shape index (κ2) is 10.2. The van der Waals surface area contributed by atoms with Crippen molar-refractivity contribution in [2.45, 2.75) is 40.0 Å². The molecule has 2 rings (SSSR count). The van der Waals surface area contributed by atoms with Gasteiger partial charge >= 0.3 is 0 Å². The molecule has 0 unspecified atom stereocenters. The summed E-state index contributed by atoms with van der Waals surface area (Å²) in [5.74, 6) is 2.14. The average molecular weight is 412 g/mol. The maximum Gasteiger partial charge on any atom is 0.248 e. The van der Waals surface area contributed by atoms with Crippen LogP contribution in [0, 0.1) is 5.92 Å². The third-order valence-corrected chi connectivity index (χ3v) is 4.51. The maximum atomic E-state index is 12.5. The third kappa shape index (κ3) is 6.55. The van der Waals surface area contributed by atoms with Gasteiger partial charge in [-0.15, -0.1) is 0 Å². The van der Waals surface area contributed by atoms with Gasteiger partial charge in [-0.2, -0.15) is 0 Å². The van der Waals surface area contributed by atoms with Crippen LogP contribution in [0.25, 0.3) is 6.08 Å². The topological polar surface area (TPSA) is 56.8 Å². The Bertz CT molecular complexity index is 895. The van der Waals surface area contributed by atoms with Crippen LogP contribution >= 0.6 is 0 Å². The molecule has 0 spiro atoms. The minimum Gasteiger partial charge on any atom is -0.495 e. The van der Waals surface area contributed by atoms with E-state index in [0.29, 0.717) is 35.5 Å². The Hall–Kier alpha value is -2.95. The highest BCUT2D eigenvalue weighted by Gasteiger charge is 2.16. The largest absolute Gasteiger partial charge is 0.495 e. The fourth-order valence-electron chi connectivity index (χ4n) is 2.78. The first-order chi connectivity index (χ1) is 14.1. The number of amides is 1. The minimum atomic E-state index is -0.238. The first-order valence-corrected chi connectivity index (χ1v) is 10.1. The van der Waals surface area contributed by atoms with E-state index in [9.17, 15) is 4.79 Å². The van der Waals surface area contributed by atoms with E-state index in [1.165, 1.54) is 6.08 Å². The summed E-state index contributed by atoms with van der Waals surface area (Å²) in [6, 6.07) is 11.4. The van der Waals surface area contributed by atoms with Crippen LogP contribution in [0.1, 0.15) is 45.7 Å². The van der Waals surface area contributed by atoms with Gasteiger partial charge in [0.25, 0.3) is 0 Å². The third-order valence-electron chi connectivity index (χ3n) is 4.51. The number of hydrogen-bond acceptors (Lipinski definition) is 4. The Morgan fingerprint density at radius 2 is 1.67 bits per heavy atom. The predicted molar refractivity (Wildman–Crippen MR) is 123 cm³/mol. The van der Waals surface area contributed by atoms with Crippen molar-refractivity contribution in [3.63, 3.8) is 0 Å². The van der Waals surface area contributed by atoms with Gasteiger partial charge in [-0.1, -0.05) is 46.8 Å². The first kappa shape index (κ1) is 23.3. The molecule has 0 aliphatic heterocycles. The summed E-state index contributed by atoms with van der Waals surface area (Å²) in [5, 5.41) is 2.91. The molecule has 2 aromatic carbocycles. The minimum absolute atomic E-state index is 0.0302. The first-order valence-electron chi connectivity index (χ1n) is 10.1. The number of nitrogens with one attached hydrogen (secondary N) is 1. The van der Waals surface area contributed by atoms with E-state index < -0.39 is 0 Å². The van der Waals surface area contributed by atoms with Crippen molar-refractivity contribution in [2.24, 2.45) is 5.92 Å². The maximum absolute atomic E-state index is 12.5. The average Bonchev–Trinajstić information content (AvgIpc) is 2.70. The van der Waals surface area contributed by atoms with Crippen LogP contribution in [0.5, 0.6) is 17.2 Å². The summed E-state index contributed by atoms with van der Waals surface area (Å²) in [4.78, 5) is 12.5. The summed E-state index contributed by atoms with van der Waals surface area (Å²) in [6.45, 7) is 11.2. The van der Waals surface area contributed by atoms with E-state index in [1.54, 1.807) is 20.3 Å². The van der Waals surface area contributed by atoms with Crippen LogP contribution in [0.3, 0.4) is 0 Å². The molecule has 2 aromatic rings. The van der Waals surface area contributed by atoms with Crippen molar-refractivity contribution in [1.82, 2.24) is 0 Å². The van der Waals surface area contributed by atoms with Crippen LogP contribution in [0.15, 0.2) is 42.5 Å². The van der Waals surface area contributed by atoms with Gasteiger partial charge in [0.1, 0.15) is 5.75 Å². The Labute approximate surface area is 180 Å². The lowest BCUT2D eigenvalue weighted by atomic mass is 9.87. The Morgan fingerprint density at radius 3 is 2.27 bits per heavy atom. The Kier molecular flexibility index (Phi) is 7.93. The quantitative estimate of drug-likeness (QED) is 0.567. The summed E-state index contributed by atoms with van der Waals surface area (Å²) >= 11 is 0. The Balaban J connectivity index is 2.14. The smallest absolute Gasteiger partial charge is 0.248 e. The molecule has 5 heteroatoms. The van der Waals surface area contributed by atoms with Crippen molar-refractivity contribution in [3.8, 4) is 17.2 Å². The molecule has 5 nitrogen and oxygen atoms in total. The van der Waals surface area contributed by atoms with Crippen molar-refractivity contribution in [2.75, 3.05) is 26.1 Å². The zero-order valence-corrected chi connectivity index (χ0v) is 19.0. The molecule has 0 radical (unpaired) electrons. The van der Waals surface area contributed by atoms with Gasteiger partial charge in [0.05, 0.1) is 26.5 Å². The molecule has 0 saturated heterocycles. The normalized spacial score (nSPS) is 11.6. The van der Waals surface area contributed by atoms with Crippen LogP contribution in [0.4, 0.5) is 5.69 Å². The van der Waals surface area contributed by atoms with Crippen LogP contribution < -0.4 is 19.5 Å². The monoisotopic (exact) mass is 411 g/mol. The fourth-order valence-corrected chi connectivity index (χ4v) is 2.78.